The molecule has 2 heterocycles. The number of carbonyl (C=O) groups is 2. The highest BCUT2D eigenvalue weighted by Gasteiger charge is 2.46. The average Bonchev–Trinajstić information content (AvgIpc) is 3.27. The number of nitriles is 1. The van der Waals surface area contributed by atoms with Crippen molar-refractivity contribution >= 4 is 18.1 Å². The Morgan fingerprint density at radius 3 is 2.65 bits per heavy atom. The number of amides is 2. The van der Waals surface area contributed by atoms with Crippen molar-refractivity contribution in [3.8, 4) is 6.07 Å². The second-order valence-electron chi connectivity index (χ2n) is 9.43. The predicted molar refractivity (Wildman–Crippen MR) is 126 cm³/mol. The van der Waals surface area contributed by atoms with E-state index in [1.165, 1.54) is 48.5 Å². The van der Waals surface area contributed by atoms with Crippen molar-refractivity contribution in [1.82, 2.24) is 14.7 Å². The molecule has 0 bridgehead atoms. The fraction of sp³-hybridized carbons (Fsp3) is 0.520. The zero-order valence-electron chi connectivity index (χ0n) is 19.3. The van der Waals surface area contributed by atoms with Crippen molar-refractivity contribution in [1.29, 1.82) is 5.26 Å². The topological polar surface area (TPSA) is 117 Å². The lowest BCUT2D eigenvalue weighted by molar-refractivity contribution is -0.105. The van der Waals surface area contributed by atoms with Gasteiger partial charge in [-0.2, -0.15) is 10.4 Å². The summed E-state index contributed by atoms with van der Waals surface area (Å²) in [4.78, 5) is 24.7. The molecule has 0 spiro atoms. The van der Waals surface area contributed by atoms with E-state index in [-0.39, 0.29) is 24.3 Å². The molecule has 2 aliphatic rings. The molecule has 34 heavy (non-hydrogen) atoms. The molecule has 2 amide bonds. The fourth-order valence-corrected chi connectivity index (χ4v) is 5.35. The molecule has 8 nitrogen and oxygen atoms in total. The van der Waals surface area contributed by atoms with Crippen LogP contribution in [0.4, 0.5) is 10.2 Å². The van der Waals surface area contributed by atoms with Crippen LogP contribution in [0.25, 0.3) is 0 Å². The lowest BCUT2D eigenvalue weighted by Crippen LogP contribution is -2.54. The van der Waals surface area contributed by atoms with Crippen molar-refractivity contribution in [2.75, 3.05) is 18.4 Å². The van der Waals surface area contributed by atoms with Crippen LogP contribution in [0.2, 0.25) is 0 Å². The number of primary amides is 1. The second kappa shape index (κ2) is 10.3. The molecule has 0 radical (unpaired) electrons. The summed E-state index contributed by atoms with van der Waals surface area (Å²) in [5.74, 6) is -0.169. The van der Waals surface area contributed by atoms with Crippen molar-refractivity contribution in [3.05, 3.63) is 47.2 Å². The van der Waals surface area contributed by atoms with E-state index >= 15 is 4.39 Å². The minimum atomic E-state index is -1.40. The zero-order valence-corrected chi connectivity index (χ0v) is 19.3. The van der Waals surface area contributed by atoms with E-state index in [1.807, 2.05) is 4.90 Å². The smallest absolute Gasteiger partial charge is 0.254 e. The first-order valence-corrected chi connectivity index (χ1v) is 11.9. The van der Waals surface area contributed by atoms with Gasteiger partial charge >= 0.3 is 0 Å². The number of nitrogens with zero attached hydrogens (tertiary/aromatic N) is 4. The molecule has 2 aromatic rings. The van der Waals surface area contributed by atoms with E-state index < -0.39 is 17.6 Å². The van der Waals surface area contributed by atoms with E-state index in [2.05, 4.69) is 40.8 Å². The Hall–Kier alpha value is -3.25. The summed E-state index contributed by atoms with van der Waals surface area (Å²) in [5.41, 5.74) is 6.66. The molecule has 1 saturated heterocycles. The van der Waals surface area contributed by atoms with Crippen LogP contribution in [0, 0.1) is 11.3 Å². The van der Waals surface area contributed by atoms with Gasteiger partial charge in [-0.3, -0.25) is 19.2 Å². The van der Waals surface area contributed by atoms with Gasteiger partial charge in [0.2, 0.25) is 6.41 Å². The van der Waals surface area contributed by atoms with E-state index in [9.17, 15) is 14.9 Å². The number of aromatic nitrogens is 2. The fourth-order valence-electron chi connectivity index (χ4n) is 5.35. The van der Waals surface area contributed by atoms with Crippen LogP contribution in [0.1, 0.15) is 72.3 Å². The van der Waals surface area contributed by atoms with Gasteiger partial charge in [-0.05, 0) is 36.3 Å². The lowest BCUT2D eigenvalue weighted by atomic mass is 9.82. The molecular weight excluding hydrogens is 435 g/mol. The van der Waals surface area contributed by atoms with Gasteiger partial charge in [0.15, 0.2) is 5.82 Å². The van der Waals surface area contributed by atoms with E-state index in [4.69, 9.17) is 5.73 Å². The molecule has 9 heteroatoms. The molecule has 2 unspecified atom stereocenters. The minimum Gasteiger partial charge on any atom is -0.365 e. The van der Waals surface area contributed by atoms with Crippen LogP contribution in [0.5, 0.6) is 0 Å². The normalized spacial score (nSPS) is 23.8. The van der Waals surface area contributed by atoms with Gasteiger partial charge in [0.1, 0.15) is 17.3 Å². The molecule has 2 fully saturated rings. The first-order chi connectivity index (χ1) is 16.5. The third-order valence-electron chi connectivity index (χ3n) is 7.34. The van der Waals surface area contributed by atoms with Crippen LogP contribution >= 0.6 is 0 Å². The van der Waals surface area contributed by atoms with Gasteiger partial charge in [0, 0.05) is 25.8 Å². The summed E-state index contributed by atoms with van der Waals surface area (Å²) in [6.45, 7) is 1.32. The maximum absolute atomic E-state index is 15.7. The molecule has 1 aliphatic carbocycles. The standard InChI is InChI=1S/C25H31FN6O2/c26-22-16-31(14-18-6-8-20(9-7-18)19-4-2-1-3-5-19)13-11-25(22,10-12-27)32-15-21(23(28)34)24(30-32)29-17-33/h6-9,15,17,19,22H,1-5,10-11,13-14,16H2,(H2,28,34)(H,29,30,33). The predicted octanol–water partition coefficient (Wildman–Crippen LogP) is 3.45. The van der Waals surface area contributed by atoms with Gasteiger partial charge in [0.25, 0.3) is 5.91 Å². The minimum absolute atomic E-state index is 0.0166. The number of benzene rings is 1. The zero-order chi connectivity index (χ0) is 24.1. The maximum Gasteiger partial charge on any atom is 0.254 e. The third-order valence-corrected chi connectivity index (χ3v) is 7.34. The number of carbonyl (C=O) groups excluding carboxylic acids is 2. The number of alkyl halides is 1. The number of hydrogen-bond acceptors (Lipinski definition) is 5. The summed E-state index contributed by atoms with van der Waals surface area (Å²) in [6, 6.07) is 10.8. The lowest BCUT2D eigenvalue weighted by Gasteiger charge is -2.43. The number of rotatable bonds is 8. The molecule has 180 valence electrons. The Bertz CT molecular complexity index is 1060. The summed E-state index contributed by atoms with van der Waals surface area (Å²) in [6.07, 6.45) is 6.98. The van der Waals surface area contributed by atoms with Crippen LogP contribution in [0.3, 0.4) is 0 Å². The summed E-state index contributed by atoms with van der Waals surface area (Å²) < 4.78 is 17.0. The molecule has 4 rings (SSSR count). The van der Waals surface area contributed by atoms with Crippen molar-refractivity contribution in [2.45, 2.75) is 69.1 Å². The SMILES string of the molecule is N#CCC1(n2cc(C(N)=O)c(NC=O)n2)CCN(Cc2ccc(C3CCCCC3)cc2)CC1F. The summed E-state index contributed by atoms with van der Waals surface area (Å²) >= 11 is 0. The Labute approximate surface area is 198 Å². The van der Waals surface area contributed by atoms with Crippen LogP contribution in [-0.2, 0) is 16.9 Å². The second-order valence-corrected chi connectivity index (χ2v) is 9.43. The Kier molecular flexibility index (Phi) is 7.27. The number of hydrogen-bond donors (Lipinski definition) is 2. The monoisotopic (exact) mass is 466 g/mol. The average molecular weight is 467 g/mol. The number of nitrogens with one attached hydrogen (secondary N) is 1. The van der Waals surface area contributed by atoms with Gasteiger partial charge in [-0.1, -0.05) is 43.5 Å². The molecular formula is C25H31FN6O2. The number of halogens is 1. The maximum atomic E-state index is 15.7. The number of piperidine rings is 1. The summed E-state index contributed by atoms with van der Waals surface area (Å²) in [7, 11) is 0. The largest absolute Gasteiger partial charge is 0.365 e. The quantitative estimate of drug-likeness (QED) is 0.578. The number of anilines is 1. The highest BCUT2D eigenvalue weighted by Crippen LogP contribution is 2.37. The molecule has 1 saturated carbocycles. The Morgan fingerprint density at radius 1 is 1.29 bits per heavy atom. The Balaban J connectivity index is 1.47. The first kappa shape index (κ1) is 23.9. The first-order valence-electron chi connectivity index (χ1n) is 11.9. The van der Waals surface area contributed by atoms with Crippen LogP contribution < -0.4 is 11.1 Å². The number of nitrogens with two attached hydrogens (primary N) is 1. The highest BCUT2D eigenvalue weighted by molar-refractivity contribution is 5.99. The highest BCUT2D eigenvalue weighted by atomic mass is 19.1. The van der Waals surface area contributed by atoms with Crippen molar-refractivity contribution in [3.63, 3.8) is 0 Å². The Morgan fingerprint density at radius 2 is 2.03 bits per heavy atom. The molecule has 1 aromatic heterocycles. The van der Waals surface area contributed by atoms with Gasteiger partial charge in [0.05, 0.1) is 12.5 Å². The molecule has 3 N–H and O–H groups in total. The van der Waals surface area contributed by atoms with Gasteiger partial charge in [-0.15, -0.1) is 0 Å². The molecule has 2 atom stereocenters. The molecule has 1 aromatic carbocycles. The van der Waals surface area contributed by atoms with Crippen molar-refractivity contribution in [2.24, 2.45) is 5.73 Å². The van der Waals surface area contributed by atoms with Crippen LogP contribution in [-0.4, -0.2) is 46.3 Å². The van der Waals surface area contributed by atoms with Gasteiger partial charge < -0.3 is 11.1 Å². The third kappa shape index (κ3) is 4.82. The number of likely N-dealkylation sites (tertiary alicyclic amines) is 1. The molecule has 1 aliphatic heterocycles. The van der Waals surface area contributed by atoms with E-state index in [0.29, 0.717) is 31.8 Å². The summed E-state index contributed by atoms with van der Waals surface area (Å²) in [5, 5.41) is 16.0. The van der Waals surface area contributed by atoms with Crippen molar-refractivity contribution < 1.29 is 14.0 Å². The van der Waals surface area contributed by atoms with E-state index in [0.717, 1.165) is 5.56 Å². The van der Waals surface area contributed by atoms with Crippen LogP contribution in [0.15, 0.2) is 30.5 Å². The van der Waals surface area contributed by atoms with Gasteiger partial charge in [-0.25, -0.2) is 4.39 Å². The van der Waals surface area contributed by atoms with E-state index in [1.54, 1.807) is 0 Å².